The fourth-order valence-corrected chi connectivity index (χ4v) is 2.68. The Hall–Kier alpha value is -1.42. The smallest absolute Gasteiger partial charge is 0.329 e. The van der Waals surface area contributed by atoms with E-state index in [4.69, 9.17) is 4.74 Å². The molecule has 1 N–H and O–H groups in total. The van der Waals surface area contributed by atoms with E-state index in [9.17, 15) is 4.79 Å². The normalized spacial score (nSPS) is 19.1. The topological polar surface area (TPSA) is 38.3 Å². The lowest BCUT2D eigenvalue weighted by molar-refractivity contribution is -0.142. The van der Waals surface area contributed by atoms with Gasteiger partial charge in [-0.25, -0.2) is 4.79 Å². The molecule has 1 aliphatic heterocycles. The summed E-state index contributed by atoms with van der Waals surface area (Å²) in [5.41, 5.74) is 1.28. The third-order valence-corrected chi connectivity index (χ3v) is 3.72. The summed E-state index contributed by atoms with van der Waals surface area (Å²) in [5, 5.41) is 3.08. The maximum atomic E-state index is 11.3. The van der Waals surface area contributed by atoms with Crippen LogP contribution in [0.1, 0.15) is 5.56 Å². The molecule has 4 heteroatoms. The fraction of sp³-hybridized carbons (Fsp3) is 0.308. The van der Waals surface area contributed by atoms with Gasteiger partial charge < -0.3 is 10.1 Å². The van der Waals surface area contributed by atoms with Gasteiger partial charge in [0.15, 0.2) is 0 Å². The number of benzene rings is 1. The van der Waals surface area contributed by atoms with Crippen molar-refractivity contribution in [2.75, 3.05) is 12.9 Å². The number of hydrogen-bond donors (Lipinski definition) is 1. The quantitative estimate of drug-likeness (QED) is 0.831. The Morgan fingerprint density at radius 3 is 2.82 bits per heavy atom. The molecule has 0 aliphatic carbocycles. The van der Waals surface area contributed by atoms with Crippen molar-refractivity contribution in [2.45, 2.75) is 12.5 Å². The number of thioether (sulfide) groups is 1. The van der Waals surface area contributed by atoms with Crippen LogP contribution >= 0.6 is 11.8 Å². The first-order chi connectivity index (χ1) is 8.29. The fourth-order valence-electron chi connectivity index (χ4n) is 1.65. The molecule has 3 nitrogen and oxygen atoms in total. The van der Waals surface area contributed by atoms with Crippen LogP contribution in [0.2, 0.25) is 0 Å². The lowest BCUT2D eigenvalue weighted by Gasteiger charge is -2.21. The minimum Gasteiger partial charge on any atom is -0.467 e. The van der Waals surface area contributed by atoms with E-state index in [1.54, 1.807) is 11.8 Å². The van der Waals surface area contributed by atoms with E-state index in [0.29, 0.717) is 0 Å². The Labute approximate surface area is 105 Å². The second-order valence-corrected chi connectivity index (χ2v) is 4.97. The third-order valence-electron chi connectivity index (χ3n) is 2.59. The Bertz CT molecular complexity index is 417. The molecular weight excluding hydrogens is 234 g/mol. The minimum absolute atomic E-state index is 0.201. The molecule has 17 heavy (non-hydrogen) atoms. The number of allylic oxidation sites excluding steroid dienone is 1. The molecule has 1 unspecified atom stereocenters. The van der Waals surface area contributed by atoms with Crippen LogP contribution in [0.4, 0.5) is 0 Å². The number of nitrogens with one attached hydrogen (secondary N) is 1. The highest BCUT2D eigenvalue weighted by atomic mass is 32.2. The molecule has 0 saturated carbocycles. The standard InChI is InChI=1S/C13H15NO2S/c1-16-13(15)12-9-17-11(8-14-12)7-10-5-3-2-4-6-10/h2-6,8,12,14H,7,9H2,1H3. The summed E-state index contributed by atoms with van der Waals surface area (Å²) in [7, 11) is 1.41. The summed E-state index contributed by atoms with van der Waals surface area (Å²) in [6.45, 7) is 0. The zero-order chi connectivity index (χ0) is 12.1. The van der Waals surface area contributed by atoms with Crippen LogP contribution in [0.3, 0.4) is 0 Å². The van der Waals surface area contributed by atoms with Crippen LogP contribution in [-0.2, 0) is 16.0 Å². The monoisotopic (exact) mass is 249 g/mol. The predicted molar refractivity (Wildman–Crippen MR) is 69.6 cm³/mol. The van der Waals surface area contributed by atoms with Crippen molar-refractivity contribution in [1.29, 1.82) is 0 Å². The number of hydrogen-bond acceptors (Lipinski definition) is 4. The van der Waals surface area contributed by atoms with Crippen molar-refractivity contribution in [3.05, 3.63) is 47.0 Å². The second-order valence-electron chi connectivity index (χ2n) is 3.83. The first kappa shape index (κ1) is 12.0. The number of ether oxygens (including phenoxy) is 1. The van der Waals surface area contributed by atoms with Crippen molar-refractivity contribution < 1.29 is 9.53 Å². The van der Waals surface area contributed by atoms with Gasteiger partial charge in [-0.1, -0.05) is 30.3 Å². The number of methoxy groups -OCH3 is 1. The first-order valence-corrected chi connectivity index (χ1v) is 6.48. The highest BCUT2D eigenvalue weighted by molar-refractivity contribution is 8.03. The number of esters is 1. The van der Waals surface area contributed by atoms with Crippen LogP contribution in [-0.4, -0.2) is 24.9 Å². The molecule has 0 spiro atoms. The molecule has 1 aromatic carbocycles. The molecule has 1 atom stereocenters. The number of rotatable bonds is 3. The predicted octanol–water partition coefficient (Wildman–Crippen LogP) is 1.95. The number of carbonyl (C=O) groups excluding carboxylic acids is 1. The lowest BCUT2D eigenvalue weighted by Crippen LogP contribution is -2.38. The van der Waals surface area contributed by atoms with Crippen LogP contribution in [0.5, 0.6) is 0 Å². The Morgan fingerprint density at radius 2 is 2.24 bits per heavy atom. The SMILES string of the molecule is COC(=O)C1CSC(Cc2ccccc2)=CN1. The van der Waals surface area contributed by atoms with Gasteiger partial charge in [-0.05, 0) is 5.56 Å². The summed E-state index contributed by atoms with van der Waals surface area (Å²) >= 11 is 1.71. The van der Waals surface area contributed by atoms with Gasteiger partial charge in [0.2, 0.25) is 0 Å². The molecule has 2 rings (SSSR count). The maximum Gasteiger partial charge on any atom is 0.329 e. The van der Waals surface area contributed by atoms with E-state index in [2.05, 4.69) is 17.4 Å². The van der Waals surface area contributed by atoms with E-state index in [0.717, 1.165) is 12.2 Å². The Balaban J connectivity index is 1.93. The molecule has 0 fully saturated rings. The van der Waals surface area contributed by atoms with E-state index in [-0.39, 0.29) is 12.0 Å². The van der Waals surface area contributed by atoms with E-state index in [1.807, 2.05) is 24.4 Å². The van der Waals surface area contributed by atoms with Crippen molar-refractivity contribution >= 4 is 17.7 Å². The van der Waals surface area contributed by atoms with E-state index in [1.165, 1.54) is 17.6 Å². The summed E-state index contributed by atoms with van der Waals surface area (Å²) in [6, 6.07) is 10.1. The molecule has 0 radical (unpaired) electrons. The maximum absolute atomic E-state index is 11.3. The van der Waals surface area contributed by atoms with Gasteiger partial charge >= 0.3 is 5.97 Å². The highest BCUT2D eigenvalue weighted by Crippen LogP contribution is 2.24. The van der Waals surface area contributed by atoms with Gasteiger partial charge in [0.1, 0.15) is 6.04 Å². The zero-order valence-electron chi connectivity index (χ0n) is 9.68. The summed E-state index contributed by atoms with van der Waals surface area (Å²) in [5.74, 6) is 0.526. The molecule has 90 valence electrons. The average Bonchev–Trinajstić information content (AvgIpc) is 2.40. The van der Waals surface area contributed by atoms with Crippen molar-refractivity contribution in [3.63, 3.8) is 0 Å². The average molecular weight is 249 g/mol. The van der Waals surface area contributed by atoms with Crippen LogP contribution in [0.25, 0.3) is 0 Å². The van der Waals surface area contributed by atoms with Crippen LogP contribution in [0, 0.1) is 0 Å². The van der Waals surface area contributed by atoms with E-state index >= 15 is 0 Å². The van der Waals surface area contributed by atoms with Crippen LogP contribution < -0.4 is 5.32 Å². The van der Waals surface area contributed by atoms with Crippen molar-refractivity contribution in [2.24, 2.45) is 0 Å². The molecule has 0 saturated heterocycles. The zero-order valence-corrected chi connectivity index (χ0v) is 10.5. The van der Waals surface area contributed by atoms with Crippen molar-refractivity contribution in [1.82, 2.24) is 5.32 Å². The molecule has 1 aromatic rings. The molecular formula is C13H15NO2S. The van der Waals surface area contributed by atoms with Gasteiger partial charge in [0.05, 0.1) is 7.11 Å². The number of carbonyl (C=O) groups is 1. The van der Waals surface area contributed by atoms with Crippen LogP contribution in [0.15, 0.2) is 41.4 Å². The largest absolute Gasteiger partial charge is 0.467 e. The minimum atomic E-state index is -0.218. The van der Waals surface area contributed by atoms with Gasteiger partial charge in [-0.2, -0.15) is 0 Å². The third kappa shape index (κ3) is 3.27. The summed E-state index contributed by atoms with van der Waals surface area (Å²) < 4.78 is 4.70. The molecule has 0 amide bonds. The molecule has 1 heterocycles. The first-order valence-electron chi connectivity index (χ1n) is 5.49. The Kier molecular flexibility index (Phi) is 4.09. The van der Waals surface area contributed by atoms with Gasteiger partial charge in [0.25, 0.3) is 0 Å². The Morgan fingerprint density at radius 1 is 1.47 bits per heavy atom. The second kappa shape index (κ2) is 5.77. The highest BCUT2D eigenvalue weighted by Gasteiger charge is 2.21. The van der Waals surface area contributed by atoms with Gasteiger partial charge in [0, 0.05) is 23.3 Å². The van der Waals surface area contributed by atoms with E-state index < -0.39 is 0 Å². The molecule has 0 bridgehead atoms. The summed E-state index contributed by atoms with van der Waals surface area (Å²) in [4.78, 5) is 12.6. The molecule has 0 aromatic heterocycles. The van der Waals surface area contributed by atoms with Gasteiger partial charge in [-0.15, -0.1) is 11.8 Å². The lowest BCUT2D eigenvalue weighted by atomic mass is 10.1. The van der Waals surface area contributed by atoms with Gasteiger partial charge in [-0.3, -0.25) is 0 Å². The van der Waals surface area contributed by atoms with Crippen molar-refractivity contribution in [3.8, 4) is 0 Å². The molecule has 1 aliphatic rings. The summed E-state index contributed by atoms with van der Waals surface area (Å²) in [6.07, 6.45) is 2.83.